The molecule has 0 bridgehead atoms. The number of hydrogen-bond acceptors (Lipinski definition) is 25. The van der Waals surface area contributed by atoms with E-state index in [0.29, 0.717) is 19.3 Å². The Morgan fingerprint density at radius 3 is 1.05 bits per heavy atom. The Morgan fingerprint density at radius 1 is 0.363 bits per heavy atom. The number of carboxylic acid groups (broad SMARTS) is 1. The van der Waals surface area contributed by atoms with Gasteiger partial charge in [0.25, 0.3) is 0 Å². The number of aliphatic hydroxyl groups excluding tert-OH is 3. The van der Waals surface area contributed by atoms with Crippen LogP contribution in [0.15, 0.2) is 15.0 Å². The predicted molar refractivity (Wildman–Crippen MR) is 406 cm³/mol. The first-order valence-electron chi connectivity index (χ1n) is 36.5. The molecule has 48 nitrogen and oxygen atoms in total. The van der Waals surface area contributed by atoms with Gasteiger partial charge in [0, 0.05) is 32.5 Å². The molecule has 0 fully saturated rings. The number of rotatable bonds is 58. The molecule has 0 unspecified atom stereocenters. The van der Waals surface area contributed by atoms with Gasteiger partial charge in [-0.05, 0) is 103 Å². The topological polar surface area (TPSA) is 851 Å². The standard InChI is InChI=1S/C65H119N27O21/c1-7-30(3)47(70)59(109)91-48(31(4)8-2)60(110)87-39(19-21-44(68)97)56(106)85-38(18-20-43(67)96)55(105)82-35(15-11-23-77-63(71)72)52(102)83-37(17-13-25-79-65(75)76)57(107)92-49(33(6)95)61(111)86-36(16-12-24-78-64(73)74)53(103)88-40(26-45(69)98)51(101)80-27-46(99)81-32(5)50(100)89-41(28-93)58(108)84-34(14-9-10-22-66)54(104)90-42(29-94)62(112)113/h30-42,47-49,93-95H,7-29,66,70H2,1-6H3,(H2,67,96)(H2,68,97)(H2,69,98)(H,80,101)(H,81,99)(H,82,105)(H,83,102)(H,84,108)(H,85,106)(H,86,111)(H,87,110)(H,88,103)(H,89,100)(H,90,104)(H,91,109)(H,92,107)(H,112,113)(H4,71,72,77)(H4,73,74,78)(H4,75,76,79)/t30-,31-,32-,33+,34-,35-,36-,37-,38-,39-,40-,41-,42-,47-,48-,49-/m0/s1. The van der Waals surface area contributed by atoms with Gasteiger partial charge in [-0.1, -0.05) is 40.5 Å². The van der Waals surface area contributed by atoms with Crippen molar-refractivity contribution in [3.63, 3.8) is 0 Å². The number of unbranched alkanes of at least 4 members (excludes halogenated alkanes) is 1. The summed E-state index contributed by atoms with van der Waals surface area (Å²) in [5.41, 5.74) is 61.2. The third kappa shape index (κ3) is 41.5. The van der Waals surface area contributed by atoms with Crippen molar-refractivity contribution in [2.24, 2.45) is 89.9 Å². The van der Waals surface area contributed by atoms with Crippen LogP contribution in [0.5, 0.6) is 0 Å². The lowest BCUT2D eigenvalue weighted by atomic mass is 9.95. The largest absolute Gasteiger partial charge is 0.480 e. The summed E-state index contributed by atoms with van der Waals surface area (Å²) >= 11 is 0. The van der Waals surface area contributed by atoms with Crippen LogP contribution in [0.1, 0.15) is 144 Å². The number of aliphatic carboxylic acids is 1. The number of carboxylic acids is 1. The number of aliphatic imine (C=N–C) groups is 3. The van der Waals surface area contributed by atoms with Crippen LogP contribution >= 0.6 is 0 Å². The van der Waals surface area contributed by atoms with Crippen LogP contribution in [-0.4, -0.2) is 269 Å². The van der Waals surface area contributed by atoms with E-state index in [9.17, 15) is 102 Å². The van der Waals surface area contributed by atoms with Crippen molar-refractivity contribution < 1.29 is 102 Å². The Bertz CT molecular complexity index is 3300. The third-order valence-corrected chi connectivity index (χ3v) is 17.2. The SMILES string of the molecule is CC[C@H](C)[C@H](N)C(=O)N[C@H](C(=O)N[C@@H](CCC(N)=O)C(=O)N[C@@H](CCC(N)=O)C(=O)N[C@@H](CCCN=C(N)N)C(=O)N[C@@H](CCCN=C(N)N)C(=O)N[C@H](C(=O)N[C@@H](CCCN=C(N)N)C(=O)N[C@@H](CC(N)=O)C(=O)NCC(=O)N[C@@H](C)C(=O)N[C@@H](CO)C(=O)N[C@@H](CCCCN)C(=O)N[C@@H](CO)C(=O)O)[C@@H](C)O)[C@@H](C)CC. The van der Waals surface area contributed by atoms with Crippen LogP contribution in [0, 0.1) is 11.8 Å². The van der Waals surface area contributed by atoms with E-state index in [1.54, 1.807) is 20.8 Å². The van der Waals surface area contributed by atoms with Gasteiger partial charge < -0.3 is 153 Å². The average Bonchev–Trinajstić information content (AvgIpc) is 0.852. The third-order valence-electron chi connectivity index (χ3n) is 17.2. The zero-order valence-electron chi connectivity index (χ0n) is 64.4. The molecule has 0 radical (unpaired) electrons. The van der Waals surface area contributed by atoms with Crippen molar-refractivity contribution in [2.75, 3.05) is 45.9 Å². The Morgan fingerprint density at radius 2 is 0.699 bits per heavy atom. The van der Waals surface area contributed by atoms with Crippen LogP contribution in [-0.2, 0) is 81.5 Å². The molecule has 0 rings (SSSR count). The predicted octanol–water partition coefficient (Wildman–Crippen LogP) is -13.5. The Hall–Kier alpha value is -11.4. The molecule has 0 aliphatic heterocycles. The number of aliphatic hydroxyl groups is 3. The van der Waals surface area contributed by atoms with E-state index in [-0.39, 0.29) is 94.9 Å². The van der Waals surface area contributed by atoms with Gasteiger partial charge in [-0.3, -0.25) is 91.7 Å². The van der Waals surface area contributed by atoms with Crippen molar-refractivity contribution in [1.29, 1.82) is 0 Å². The first kappa shape index (κ1) is 102. The van der Waals surface area contributed by atoms with Crippen molar-refractivity contribution in [3.05, 3.63) is 0 Å². The Balaban J connectivity index is 7.22. The van der Waals surface area contributed by atoms with E-state index >= 15 is 0 Å². The first-order valence-corrected chi connectivity index (χ1v) is 36.5. The molecule has 0 aromatic carbocycles. The van der Waals surface area contributed by atoms with Gasteiger partial charge in [0.1, 0.15) is 72.5 Å². The lowest BCUT2D eigenvalue weighted by Gasteiger charge is -2.29. The molecule has 0 saturated carbocycles. The molecule has 16 atom stereocenters. The van der Waals surface area contributed by atoms with E-state index in [1.165, 1.54) is 0 Å². The molecule has 640 valence electrons. The summed E-state index contributed by atoms with van der Waals surface area (Å²) in [4.78, 5) is 240. The van der Waals surface area contributed by atoms with Gasteiger partial charge in [0.2, 0.25) is 94.5 Å². The summed E-state index contributed by atoms with van der Waals surface area (Å²) in [6.45, 7) is 5.73. The molecular weight excluding hydrogens is 1490 g/mol. The summed E-state index contributed by atoms with van der Waals surface area (Å²) in [6.07, 6.45) is -4.85. The number of nitrogens with one attached hydrogen (secondary N) is 13. The molecule has 0 aliphatic rings. The van der Waals surface area contributed by atoms with Crippen molar-refractivity contribution in [1.82, 2.24) is 69.1 Å². The van der Waals surface area contributed by atoms with Crippen LogP contribution in [0.25, 0.3) is 0 Å². The van der Waals surface area contributed by atoms with Gasteiger partial charge in [-0.15, -0.1) is 0 Å². The fraction of sp³-hybridized carbons (Fsp3) is 0.692. The maximum absolute atomic E-state index is 14.6. The summed E-state index contributed by atoms with van der Waals surface area (Å²) in [6, 6.07) is -21.3. The van der Waals surface area contributed by atoms with E-state index < -0.39 is 249 Å². The fourth-order valence-corrected chi connectivity index (χ4v) is 10.2. The Kier molecular flexibility index (Phi) is 48.8. The van der Waals surface area contributed by atoms with Crippen LogP contribution < -0.4 is 132 Å². The molecule has 16 amide bonds. The van der Waals surface area contributed by atoms with Gasteiger partial charge in [0.15, 0.2) is 17.9 Å². The minimum Gasteiger partial charge on any atom is -0.480 e. The summed E-state index contributed by atoms with van der Waals surface area (Å²) in [5.74, 6) is -20.9. The smallest absolute Gasteiger partial charge is 0.328 e. The fourth-order valence-electron chi connectivity index (χ4n) is 10.2. The van der Waals surface area contributed by atoms with Gasteiger partial charge in [0.05, 0.1) is 38.3 Å². The van der Waals surface area contributed by atoms with Crippen molar-refractivity contribution >= 4 is 118 Å². The molecule has 0 heterocycles. The Labute approximate surface area is 652 Å². The van der Waals surface area contributed by atoms with E-state index in [0.717, 1.165) is 13.8 Å². The minimum absolute atomic E-state index is 0.0783. The number of hydrogen-bond donors (Lipinski definition) is 28. The summed E-state index contributed by atoms with van der Waals surface area (Å²) < 4.78 is 0. The van der Waals surface area contributed by atoms with Crippen LogP contribution in [0.4, 0.5) is 0 Å². The zero-order chi connectivity index (χ0) is 86.4. The molecular formula is C65H119N27O21. The number of nitrogens with zero attached hydrogens (tertiary/aromatic N) is 3. The minimum atomic E-state index is -2.03. The molecule has 48 heteroatoms. The normalized spacial score (nSPS) is 15.2. The monoisotopic (exact) mass is 1610 g/mol. The maximum atomic E-state index is 14.6. The summed E-state index contributed by atoms with van der Waals surface area (Å²) in [7, 11) is 0. The van der Waals surface area contributed by atoms with Gasteiger partial charge in [-0.2, -0.15) is 0 Å². The number of amides is 16. The van der Waals surface area contributed by atoms with Gasteiger partial charge in [-0.25, -0.2) is 4.79 Å². The number of carbonyl (C=O) groups is 17. The van der Waals surface area contributed by atoms with E-state index in [1.807, 2.05) is 6.92 Å². The molecule has 39 N–H and O–H groups in total. The lowest BCUT2D eigenvalue weighted by molar-refractivity contribution is -0.143. The second-order valence-electron chi connectivity index (χ2n) is 26.6. The average molecular weight is 1610 g/mol. The number of primary amides is 3. The highest BCUT2D eigenvalue weighted by molar-refractivity contribution is 6.01. The zero-order valence-corrected chi connectivity index (χ0v) is 64.4. The maximum Gasteiger partial charge on any atom is 0.328 e. The van der Waals surface area contributed by atoms with Gasteiger partial charge >= 0.3 is 5.97 Å². The van der Waals surface area contributed by atoms with E-state index in [2.05, 4.69) is 84.1 Å². The number of carbonyl (C=O) groups excluding carboxylic acids is 16. The molecule has 113 heavy (non-hydrogen) atoms. The van der Waals surface area contributed by atoms with E-state index in [4.69, 9.17) is 63.1 Å². The molecule has 0 aliphatic carbocycles. The van der Waals surface area contributed by atoms with Crippen LogP contribution in [0.2, 0.25) is 0 Å². The summed E-state index contributed by atoms with van der Waals surface area (Å²) in [5, 5.41) is 70.1. The molecule has 0 aromatic heterocycles. The molecule has 0 aromatic rings. The highest BCUT2D eigenvalue weighted by atomic mass is 16.4. The second-order valence-corrected chi connectivity index (χ2v) is 26.6. The van der Waals surface area contributed by atoms with Crippen molar-refractivity contribution in [2.45, 2.75) is 229 Å². The molecule has 0 spiro atoms. The lowest BCUT2D eigenvalue weighted by Crippen LogP contribution is -2.62. The first-order chi connectivity index (χ1) is 53.0. The molecule has 0 saturated heterocycles. The highest BCUT2D eigenvalue weighted by Crippen LogP contribution is 2.15. The second kappa shape index (κ2) is 54.3. The highest BCUT2D eigenvalue weighted by Gasteiger charge is 2.39. The number of guanidine groups is 3. The van der Waals surface area contributed by atoms with Crippen molar-refractivity contribution in [3.8, 4) is 0 Å². The quantitative estimate of drug-likeness (QED) is 0.0153. The number of nitrogens with two attached hydrogens (primary N) is 11. The van der Waals surface area contributed by atoms with Crippen LogP contribution in [0.3, 0.4) is 0 Å².